The Morgan fingerprint density at radius 1 is 1.30 bits per heavy atom. The van der Waals surface area contributed by atoms with Gasteiger partial charge in [-0.2, -0.15) is 0 Å². The zero-order valence-corrected chi connectivity index (χ0v) is 14.9. The van der Waals surface area contributed by atoms with Gasteiger partial charge in [0.1, 0.15) is 5.60 Å². The quantitative estimate of drug-likeness (QED) is 0.722. The molecule has 0 aliphatic carbocycles. The molecule has 4 heteroatoms. The van der Waals surface area contributed by atoms with Gasteiger partial charge in [0.15, 0.2) is 0 Å². The summed E-state index contributed by atoms with van der Waals surface area (Å²) in [7, 11) is 0. The van der Waals surface area contributed by atoms with E-state index in [1.54, 1.807) is 11.3 Å². The number of hydrogen-bond donors (Lipinski definition) is 0. The molecule has 23 heavy (non-hydrogen) atoms. The highest BCUT2D eigenvalue weighted by Gasteiger charge is 2.27. The summed E-state index contributed by atoms with van der Waals surface area (Å²) < 4.78 is 6.82. The van der Waals surface area contributed by atoms with Gasteiger partial charge in [-0.3, -0.25) is 0 Å². The molecule has 1 aromatic heterocycles. The van der Waals surface area contributed by atoms with Crippen molar-refractivity contribution >= 4 is 33.1 Å². The van der Waals surface area contributed by atoms with E-state index < -0.39 is 5.60 Å². The minimum absolute atomic E-state index is 0.227. The standard InChI is InChI=1S/C19H23NO2S/c1-13-9-14(11-20(10-13)18(21)22-19(2,3)4)16-12-23-17-8-6-5-7-15(16)17/h5-9,12-13H,10-11H2,1-4H3. The molecule has 1 atom stereocenters. The van der Waals surface area contributed by atoms with Crippen molar-refractivity contribution in [2.24, 2.45) is 5.92 Å². The maximum absolute atomic E-state index is 12.4. The first-order valence-corrected chi connectivity index (χ1v) is 8.87. The number of fused-ring (bicyclic) bond motifs is 1. The number of thiophene rings is 1. The normalized spacial score (nSPS) is 18.9. The molecule has 0 spiro atoms. The summed E-state index contributed by atoms with van der Waals surface area (Å²) in [5, 5.41) is 3.46. The Kier molecular flexibility index (Phi) is 4.19. The average molecular weight is 329 g/mol. The van der Waals surface area contributed by atoms with Crippen LogP contribution in [-0.4, -0.2) is 29.7 Å². The molecule has 122 valence electrons. The van der Waals surface area contributed by atoms with E-state index >= 15 is 0 Å². The molecule has 0 bridgehead atoms. The number of benzene rings is 1. The van der Waals surface area contributed by atoms with Crippen LogP contribution in [0.1, 0.15) is 33.3 Å². The average Bonchev–Trinajstić information content (AvgIpc) is 2.88. The Labute approximate surface area is 141 Å². The smallest absolute Gasteiger partial charge is 0.410 e. The number of ether oxygens (including phenoxy) is 1. The third-order valence-electron chi connectivity index (χ3n) is 3.83. The van der Waals surface area contributed by atoms with Crippen LogP contribution in [0.15, 0.2) is 35.7 Å². The van der Waals surface area contributed by atoms with E-state index in [9.17, 15) is 4.79 Å². The summed E-state index contributed by atoms with van der Waals surface area (Å²) in [6.07, 6.45) is 2.06. The number of amides is 1. The fourth-order valence-corrected chi connectivity index (χ4v) is 3.92. The lowest BCUT2D eigenvalue weighted by molar-refractivity contribution is 0.0253. The van der Waals surface area contributed by atoms with Crippen LogP contribution < -0.4 is 0 Å². The SMILES string of the molecule is CC1C=C(c2csc3ccccc23)CN(C(=O)OC(C)(C)C)C1. The number of rotatable bonds is 1. The Balaban J connectivity index is 1.87. The number of hydrogen-bond acceptors (Lipinski definition) is 3. The van der Waals surface area contributed by atoms with Crippen molar-refractivity contribution in [1.29, 1.82) is 0 Å². The van der Waals surface area contributed by atoms with Crippen molar-refractivity contribution in [3.05, 3.63) is 41.3 Å². The topological polar surface area (TPSA) is 29.5 Å². The zero-order valence-electron chi connectivity index (χ0n) is 14.1. The van der Waals surface area contributed by atoms with Gasteiger partial charge in [0.25, 0.3) is 0 Å². The van der Waals surface area contributed by atoms with Crippen molar-refractivity contribution in [2.45, 2.75) is 33.3 Å². The Bertz CT molecular complexity index is 754. The van der Waals surface area contributed by atoms with E-state index in [0.29, 0.717) is 19.0 Å². The lowest BCUT2D eigenvalue weighted by Gasteiger charge is -2.32. The largest absolute Gasteiger partial charge is 0.444 e. The van der Waals surface area contributed by atoms with Crippen molar-refractivity contribution in [2.75, 3.05) is 13.1 Å². The molecule has 2 heterocycles. The first-order valence-electron chi connectivity index (χ1n) is 7.99. The first kappa shape index (κ1) is 16.1. The summed E-state index contributed by atoms with van der Waals surface area (Å²) in [6, 6.07) is 8.42. The molecular weight excluding hydrogens is 306 g/mol. The van der Waals surface area contributed by atoms with Crippen LogP contribution in [0.5, 0.6) is 0 Å². The zero-order chi connectivity index (χ0) is 16.6. The highest BCUT2D eigenvalue weighted by Crippen LogP contribution is 2.34. The Morgan fingerprint density at radius 3 is 2.78 bits per heavy atom. The van der Waals surface area contributed by atoms with E-state index in [1.165, 1.54) is 21.2 Å². The molecule has 0 fully saturated rings. The second kappa shape index (κ2) is 6.00. The molecule has 1 aliphatic rings. The maximum atomic E-state index is 12.4. The molecule has 3 nitrogen and oxygen atoms in total. The number of carbonyl (C=O) groups excluding carboxylic acids is 1. The van der Waals surface area contributed by atoms with E-state index in [-0.39, 0.29) is 6.09 Å². The summed E-state index contributed by atoms with van der Waals surface area (Å²) >= 11 is 1.75. The van der Waals surface area contributed by atoms with Gasteiger partial charge in [-0.25, -0.2) is 4.79 Å². The van der Waals surface area contributed by atoms with E-state index in [4.69, 9.17) is 4.74 Å². The molecule has 0 radical (unpaired) electrons. The van der Waals surface area contributed by atoms with Gasteiger partial charge in [-0.15, -0.1) is 11.3 Å². The van der Waals surface area contributed by atoms with Crippen LogP contribution in [-0.2, 0) is 4.74 Å². The molecule has 0 saturated carbocycles. The molecular formula is C19H23NO2S. The molecule has 3 rings (SSSR count). The minimum atomic E-state index is -0.462. The van der Waals surface area contributed by atoms with Crippen LogP contribution in [0.25, 0.3) is 15.7 Å². The molecule has 2 aromatic rings. The van der Waals surface area contributed by atoms with Gasteiger partial charge in [0.05, 0.1) is 0 Å². The van der Waals surface area contributed by atoms with Gasteiger partial charge in [-0.1, -0.05) is 31.2 Å². The number of carbonyl (C=O) groups is 1. The third-order valence-corrected chi connectivity index (χ3v) is 4.80. The predicted octanol–water partition coefficient (Wildman–Crippen LogP) is 5.17. The van der Waals surface area contributed by atoms with Gasteiger partial charge in [0.2, 0.25) is 0 Å². The van der Waals surface area contributed by atoms with Gasteiger partial charge < -0.3 is 9.64 Å². The molecule has 1 unspecified atom stereocenters. The van der Waals surface area contributed by atoms with Crippen LogP contribution >= 0.6 is 11.3 Å². The monoisotopic (exact) mass is 329 g/mol. The maximum Gasteiger partial charge on any atom is 0.410 e. The van der Waals surface area contributed by atoms with Gasteiger partial charge >= 0.3 is 6.09 Å². The highest BCUT2D eigenvalue weighted by atomic mass is 32.1. The minimum Gasteiger partial charge on any atom is -0.444 e. The van der Waals surface area contributed by atoms with Crippen molar-refractivity contribution in [1.82, 2.24) is 4.90 Å². The van der Waals surface area contributed by atoms with E-state index in [2.05, 4.69) is 42.6 Å². The molecule has 1 aromatic carbocycles. The Morgan fingerprint density at radius 2 is 2.04 bits per heavy atom. The van der Waals surface area contributed by atoms with Crippen molar-refractivity contribution in [3.8, 4) is 0 Å². The molecule has 0 N–H and O–H groups in total. The van der Waals surface area contributed by atoms with E-state index in [0.717, 1.165) is 0 Å². The van der Waals surface area contributed by atoms with Crippen molar-refractivity contribution in [3.63, 3.8) is 0 Å². The van der Waals surface area contributed by atoms with Crippen LogP contribution in [0.2, 0.25) is 0 Å². The lowest BCUT2D eigenvalue weighted by Crippen LogP contribution is -2.41. The highest BCUT2D eigenvalue weighted by molar-refractivity contribution is 7.17. The van der Waals surface area contributed by atoms with E-state index in [1.807, 2.05) is 25.7 Å². The fourth-order valence-electron chi connectivity index (χ4n) is 2.93. The van der Waals surface area contributed by atoms with Crippen LogP contribution in [0.3, 0.4) is 0 Å². The second-order valence-electron chi connectivity index (χ2n) is 7.18. The summed E-state index contributed by atoms with van der Waals surface area (Å²) in [5.41, 5.74) is 1.99. The fraction of sp³-hybridized carbons (Fsp3) is 0.421. The van der Waals surface area contributed by atoms with Crippen LogP contribution in [0.4, 0.5) is 4.79 Å². The second-order valence-corrected chi connectivity index (χ2v) is 8.09. The lowest BCUT2D eigenvalue weighted by atomic mass is 9.96. The number of nitrogens with zero attached hydrogens (tertiary/aromatic N) is 1. The Hall–Kier alpha value is -1.81. The summed E-state index contributed by atoms with van der Waals surface area (Å²) in [4.78, 5) is 14.2. The molecule has 1 aliphatic heterocycles. The van der Waals surface area contributed by atoms with Crippen LogP contribution in [0, 0.1) is 5.92 Å². The third kappa shape index (κ3) is 3.58. The van der Waals surface area contributed by atoms with Crippen molar-refractivity contribution < 1.29 is 9.53 Å². The van der Waals surface area contributed by atoms with Gasteiger partial charge in [-0.05, 0) is 49.3 Å². The predicted molar refractivity (Wildman–Crippen MR) is 96.8 cm³/mol. The molecule has 1 amide bonds. The molecule has 0 saturated heterocycles. The first-order chi connectivity index (χ1) is 10.8. The summed E-state index contributed by atoms with van der Waals surface area (Å²) in [5.74, 6) is 0.324. The summed E-state index contributed by atoms with van der Waals surface area (Å²) in [6.45, 7) is 9.18. The van der Waals surface area contributed by atoms with Gasteiger partial charge in [0, 0.05) is 23.2 Å².